The number of rotatable bonds is 0. The van der Waals surface area contributed by atoms with Crippen LogP contribution in [0.25, 0.3) is 0 Å². The lowest BCUT2D eigenvalue weighted by Gasteiger charge is -1.82. The lowest BCUT2D eigenvalue weighted by Crippen LogP contribution is -1.56. The van der Waals surface area contributed by atoms with E-state index in [2.05, 4.69) is 0 Å². The molecule has 0 radical (unpaired) electrons. The predicted molar refractivity (Wildman–Crippen MR) is 66.6 cm³/mol. The summed E-state index contributed by atoms with van der Waals surface area (Å²) in [7, 11) is 1.17. The van der Waals surface area contributed by atoms with Crippen LogP contribution in [0.15, 0.2) is 60.7 Å². The van der Waals surface area contributed by atoms with Gasteiger partial charge in [-0.15, -0.1) is 0 Å². The van der Waals surface area contributed by atoms with Crippen LogP contribution in [0.5, 0.6) is 11.5 Å². The van der Waals surface area contributed by atoms with Crippen molar-refractivity contribution in [3.63, 3.8) is 0 Å². The summed E-state index contributed by atoms with van der Waals surface area (Å²) in [6.45, 7) is 0. The summed E-state index contributed by atoms with van der Waals surface area (Å²) in [4.78, 5) is 0. The molecular formula is C12H14O3P+. The molecule has 0 amide bonds. The van der Waals surface area contributed by atoms with Crippen LogP contribution in [0.3, 0.4) is 0 Å². The fourth-order valence-electron chi connectivity index (χ4n) is 0.856. The SMILES string of the molecule is O=[PH2+].Oc1ccccc1.Oc1ccccc1. The van der Waals surface area contributed by atoms with Gasteiger partial charge in [0.15, 0.2) is 0 Å². The van der Waals surface area contributed by atoms with Gasteiger partial charge < -0.3 is 10.2 Å². The number of aromatic hydroxyl groups is 2. The predicted octanol–water partition coefficient (Wildman–Crippen LogP) is 2.99. The van der Waals surface area contributed by atoms with Gasteiger partial charge in [0.1, 0.15) is 11.5 Å². The first-order valence-corrected chi connectivity index (χ1v) is 4.98. The Bertz CT molecular complexity index is 327. The van der Waals surface area contributed by atoms with E-state index in [0.29, 0.717) is 11.5 Å². The van der Waals surface area contributed by atoms with Crippen LogP contribution in [0, 0.1) is 0 Å². The molecule has 2 rings (SSSR count). The molecule has 16 heavy (non-hydrogen) atoms. The maximum Gasteiger partial charge on any atom is 0.310 e. The second-order valence-electron chi connectivity index (χ2n) is 2.67. The average Bonchev–Trinajstić information content (AvgIpc) is 2.34. The molecule has 2 aromatic rings. The van der Waals surface area contributed by atoms with E-state index in [1.54, 1.807) is 48.5 Å². The molecule has 0 fully saturated rings. The molecule has 2 aromatic carbocycles. The monoisotopic (exact) mass is 237 g/mol. The Labute approximate surface area is 96.6 Å². The van der Waals surface area contributed by atoms with Gasteiger partial charge in [0.2, 0.25) is 0 Å². The largest absolute Gasteiger partial charge is 0.508 e. The molecule has 0 saturated carbocycles. The third kappa shape index (κ3) is 7.54. The zero-order valence-electron chi connectivity index (χ0n) is 8.65. The highest BCUT2D eigenvalue weighted by Crippen LogP contribution is 2.03. The average molecular weight is 237 g/mol. The maximum atomic E-state index is 8.63. The Kier molecular flexibility index (Phi) is 8.56. The summed E-state index contributed by atoms with van der Waals surface area (Å²) in [5, 5.41) is 17.3. The molecule has 1 unspecified atom stereocenters. The Morgan fingerprint density at radius 3 is 1.00 bits per heavy atom. The molecule has 3 nitrogen and oxygen atoms in total. The van der Waals surface area contributed by atoms with E-state index in [0.717, 1.165) is 0 Å². The topological polar surface area (TPSA) is 57.5 Å². The van der Waals surface area contributed by atoms with Gasteiger partial charge in [-0.05, 0) is 24.3 Å². The van der Waals surface area contributed by atoms with Crippen LogP contribution >= 0.6 is 9.12 Å². The molecule has 84 valence electrons. The van der Waals surface area contributed by atoms with Crippen molar-refractivity contribution >= 4 is 9.12 Å². The van der Waals surface area contributed by atoms with Gasteiger partial charge in [0.25, 0.3) is 0 Å². The first-order valence-electron chi connectivity index (χ1n) is 4.50. The molecule has 0 saturated heterocycles. The highest BCUT2D eigenvalue weighted by atomic mass is 31.0. The third-order valence-electron chi connectivity index (χ3n) is 1.51. The zero-order valence-corrected chi connectivity index (χ0v) is 9.81. The quantitative estimate of drug-likeness (QED) is 0.692. The number of hydrogen-bond donors (Lipinski definition) is 2. The minimum absolute atomic E-state index is 0.322. The highest BCUT2D eigenvalue weighted by Gasteiger charge is 1.75. The third-order valence-corrected chi connectivity index (χ3v) is 1.51. The van der Waals surface area contributed by atoms with E-state index >= 15 is 0 Å². The van der Waals surface area contributed by atoms with E-state index in [4.69, 9.17) is 14.8 Å². The first kappa shape index (κ1) is 14.1. The van der Waals surface area contributed by atoms with Crippen LogP contribution in [0.1, 0.15) is 0 Å². The summed E-state index contributed by atoms with van der Waals surface area (Å²) in [5.41, 5.74) is 0. The second kappa shape index (κ2) is 9.69. The van der Waals surface area contributed by atoms with Crippen LogP contribution < -0.4 is 0 Å². The fourth-order valence-corrected chi connectivity index (χ4v) is 0.856. The van der Waals surface area contributed by atoms with Crippen molar-refractivity contribution in [2.75, 3.05) is 0 Å². The number of hydrogen-bond acceptors (Lipinski definition) is 3. The molecule has 1 atom stereocenters. The van der Waals surface area contributed by atoms with E-state index in [9.17, 15) is 0 Å². The standard InChI is InChI=1S/2C6H6O.H2OP/c2*7-6-4-2-1-3-5-6;1-2/h2*1-5,7H;2H2/q;;+1. The van der Waals surface area contributed by atoms with Gasteiger partial charge in [0, 0.05) is 0 Å². The lowest BCUT2D eigenvalue weighted by atomic mass is 10.3. The minimum Gasteiger partial charge on any atom is -0.508 e. The van der Waals surface area contributed by atoms with Crippen molar-refractivity contribution < 1.29 is 14.8 Å². The molecule has 0 spiro atoms. The molecule has 4 heteroatoms. The van der Waals surface area contributed by atoms with Crippen molar-refractivity contribution in [3.05, 3.63) is 60.7 Å². The number of phenols is 2. The number of para-hydroxylation sites is 2. The normalized spacial score (nSPS) is 7.75. The van der Waals surface area contributed by atoms with Gasteiger partial charge in [-0.3, -0.25) is 0 Å². The molecule has 0 heterocycles. The van der Waals surface area contributed by atoms with E-state index in [1.807, 2.05) is 12.1 Å². The van der Waals surface area contributed by atoms with Crippen molar-refractivity contribution in [1.82, 2.24) is 0 Å². The molecule has 0 bridgehead atoms. The van der Waals surface area contributed by atoms with Crippen LogP contribution in [-0.2, 0) is 4.57 Å². The van der Waals surface area contributed by atoms with Crippen molar-refractivity contribution in [2.24, 2.45) is 0 Å². The molecule has 2 N–H and O–H groups in total. The molecular weight excluding hydrogens is 223 g/mol. The highest BCUT2D eigenvalue weighted by molar-refractivity contribution is 7.00. The maximum absolute atomic E-state index is 8.63. The lowest BCUT2D eigenvalue weighted by molar-refractivity contribution is 0.475. The summed E-state index contributed by atoms with van der Waals surface area (Å²) in [6, 6.07) is 17.4. The van der Waals surface area contributed by atoms with E-state index < -0.39 is 0 Å². The van der Waals surface area contributed by atoms with Crippen molar-refractivity contribution in [1.29, 1.82) is 0 Å². The molecule has 0 aliphatic heterocycles. The van der Waals surface area contributed by atoms with Gasteiger partial charge in [-0.1, -0.05) is 41.0 Å². The van der Waals surface area contributed by atoms with E-state index in [-0.39, 0.29) is 0 Å². The van der Waals surface area contributed by atoms with Crippen LogP contribution in [-0.4, -0.2) is 10.2 Å². The van der Waals surface area contributed by atoms with Gasteiger partial charge in [0.05, 0.1) is 0 Å². The number of benzene rings is 2. The fraction of sp³-hybridized carbons (Fsp3) is 0. The van der Waals surface area contributed by atoms with Gasteiger partial charge >= 0.3 is 9.12 Å². The second-order valence-corrected chi connectivity index (χ2v) is 2.67. The zero-order chi connectivity index (χ0) is 12.2. The van der Waals surface area contributed by atoms with Crippen LogP contribution in [0.2, 0.25) is 0 Å². The Morgan fingerprint density at radius 1 is 0.625 bits per heavy atom. The van der Waals surface area contributed by atoms with Crippen molar-refractivity contribution in [3.8, 4) is 11.5 Å². The van der Waals surface area contributed by atoms with Crippen molar-refractivity contribution in [2.45, 2.75) is 0 Å². The first-order chi connectivity index (χ1) is 7.79. The Morgan fingerprint density at radius 2 is 0.875 bits per heavy atom. The molecule has 0 aromatic heterocycles. The summed E-state index contributed by atoms with van der Waals surface area (Å²) < 4.78 is 8.17. The Hall–Kier alpha value is -1.86. The van der Waals surface area contributed by atoms with Crippen LogP contribution in [0.4, 0.5) is 0 Å². The summed E-state index contributed by atoms with van der Waals surface area (Å²) in [5.74, 6) is 0.644. The number of phenolic OH excluding ortho intramolecular Hbond substituents is 2. The molecule has 0 aliphatic rings. The Balaban J connectivity index is 0.000000244. The van der Waals surface area contributed by atoms with E-state index in [1.165, 1.54) is 9.12 Å². The summed E-state index contributed by atoms with van der Waals surface area (Å²) in [6.07, 6.45) is 0. The summed E-state index contributed by atoms with van der Waals surface area (Å²) >= 11 is 0. The van der Waals surface area contributed by atoms with Gasteiger partial charge in [-0.25, -0.2) is 0 Å². The minimum atomic E-state index is 0.322. The van der Waals surface area contributed by atoms with Gasteiger partial charge in [-0.2, -0.15) is 0 Å². The molecule has 0 aliphatic carbocycles. The smallest absolute Gasteiger partial charge is 0.310 e.